The molecular weight excluding hydrogens is 210 g/mol. The molecule has 88 valence electrons. The largest absolute Gasteiger partial charge is 0.481 e. The number of rotatable bonds is 2. The van der Waals surface area contributed by atoms with E-state index in [9.17, 15) is 15.0 Å². The molecule has 2 rings (SSSR count). The summed E-state index contributed by atoms with van der Waals surface area (Å²) in [6.45, 7) is 1.74. The number of aromatic nitrogens is 1. The van der Waals surface area contributed by atoms with Gasteiger partial charge in [-0.3, -0.25) is 4.79 Å². The second-order valence-corrected chi connectivity index (χ2v) is 4.44. The van der Waals surface area contributed by atoms with Gasteiger partial charge < -0.3 is 14.7 Å². The number of aliphatic hydroxyl groups excluding tert-OH is 1. The Labute approximate surface area is 93.1 Å². The van der Waals surface area contributed by atoms with Crippen molar-refractivity contribution in [3.63, 3.8) is 0 Å². The van der Waals surface area contributed by atoms with E-state index in [1.54, 1.807) is 13.0 Å². The maximum absolute atomic E-state index is 11.4. The van der Waals surface area contributed by atoms with E-state index < -0.39 is 11.4 Å². The van der Waals surface area contributed by atoms with Gasteiger partial charge >= 0.3 is 5.97 Å². The highest BCUT2D eigenvalue weighted by molar-refractivity contribution is 5.80. The zero-order valence-electron chi connectivity index (χ0n) is 9.14. The second-order valence-electron chi connectivity index (χ2n) is 4.44. The Morgan fingerprint density at radius 1 is 1.56 bits per heavy atom. The molecule has 0 spiro atoms. The maximum Gasteiger partial charge on any atom is 0.315 e. The first-order valence-electron chi connectivity index (χ1n) is 5.40. The van der Waals surface area contributed by atoms with Crippen LogP contribution in [0, 0.1) is 6.92 Å². The Hall–Kier alpha value is -1.36. The van der Waals surface area contributed by atoms with E-state index in [2.05, 4.69) is 5.16 Å². The number of hydrogen-bond acceptors (Lipinski definition) is 4. The van der Waals surface area contributed by atoms with Crippen molar-refractivity contribution in [3.8, 4) is 0 Å². The first kappa shape index (κ1) is 11.1. The summed E-state index contributed by atoms with van der Waals surface area (Å²) < 4.78 is 4.94. The van der Waals surface area contributed by atoms with Crippen LogP contribution in [0.25, 0.3) is 0 Å². The summed E-state index contributed by atoms with van der Waals surface area (Å²) in [5, 5.41) is 22.6. The highest BCUT2D eigenvalue weighted by atomic mass is 16.5. The topological polar surface area (TPSA) is 83.6 Å². The molecule has 5 heteroatoms. The van der Waals surface area contributed by atoms with Crippen LogP contribution >= 0.6 is 0 Å². The maximum atomic E-state index is 11.4. The van der Waals surface area contributed by atoms with Crippen molar-refractivity contribution in [3.05, 3.63) is 17.5 Å². The van der Waals surface area contributed by atoms with Crippen LogP contribution in [0.1, 0.15) is 37.1 Å². The molecule has 0 aliphatic heterocycles. The summed E-state index contributed by atoms with van der Waals surface area (Å²) >= 11 is 0. The third-order valence-electron chi connectivity index (χ3n) is 3.34. The Morgan fingerprint density at radius 3 is 2.62 bits per heavy atom. The Balaban J connectivity index is 2.33. The van der Waals surface area contributed by atoms with E-state index in [1.165, 1.54) is 0 Å². The highest BCUT2D eigenvalue weighted by Crippen LogP contribution is 2.39. The van der Waals surface area contributed by atoms with Crippen molar-refractivity contribution >= 4 is 5.97 Å². The monoisotopic (exact) mass is 225 g/mol. The van der Waals surface area contributed by atoms with Crippen LogP contribution in [0.2, 0.25) is 0 Å². The van der Waals surface area contributed by atoms with Crippen LogP contribution in [0.3, 0.4) is 0 Å². The highest BCUT2D eigenvalue weighted by Gasteiger charge is 2.45. The lowest BCUT2D eigenvalue weighted by atomic mass is 9.71. The third-order valence-corrected chi connectivity index (χ3v) is 3.34. The quantitative estimate of drug-likeness (QED) is 0.791. The van der Waals surface area contributed by atoms with Crippen LogP contribution in [-0.4, -0.2) is 27.4 Å². The molecule has 1 aliphatic rings. The van der Waals surface area contributed by atoms with Crippen molar-refractivity contribution in [2.24, 2.45) is 0 Å². The molecule has 0 radical (unpaired) electrons. The molecule has 5 nitrogen and oxygen atoms in total. The molecule has 1 aromatic rings. The predicted octanol–water partition coefficient (Wildman–Crippen LogP) is 1.24. The fraction of sp³-hybridized carbons (Fsp3) is 0.636. The molecule has 1 heterocycles. The number of aryl methyl sites for hydroxylation is 1. The van der Waals surface area contributed by atoms with Crippen molar-refractivity contribution in [2.75, 3.05) is 0 Å². The Kier molecular flexibility index (Phi) is 2.71. The average Bonchev–Trinajstić information content (AvgIpc) is 2.66. The number of hydrogen-bond donors (Lipinski definition) is 2. The van der Waals surface area contributed by atoms with Gasteiger partial charge in [0.25, 0.3) is 0 Å². The first-order chi connectivity index (χ1) is 7.54. The van der Waals surface area contributed by atoms with Gasteiger partial charge in [-0.15, -0.1) is 0 Å². The Bertz CT molecular complexity index is 390. The van der Waals surface area contributed by atoms with E-state index in [1.807, 2.05) is 0 Å². The molecule has 0 atom stereocenters. The van der Waals surface area contributed by atoms with Gasteiger partial charge in [0, 0.05) is 6.07 Å². The van der Waals surface area contributed by atoms with E-state index >= 15 is 0 Å². The standard InChI is InChI=1S/C11H15NO4/c1-7-6-9(12-16-7)11(10(14)15)4-2-8(13)3-5-11/h6,8,13H,2-5H2,1H3,(H,14,15). The summed E-state index contributed by atoms with van der Waals surface area (Å²) in [5.41, 5.74) is -0.499. The molecule has 0 aromatic carbocycles. The molecule has 1 aromatic heterocycles. The zero-order chi connectivity index (χ0) is 11.8. The second kappa shape index (κ2) is 3.90. The molecule has 16 heavy (non-hydrogen) atoms. The molecule has 2 N–H and O–H groups in total. The lowest BCUT2D eigenvalue weighted by Gasteiger charge is -2.33. The van der Waals surface area contributed by atoms with E-state index in [0.717, 1.165) is 0 Å². The number of nitrogens with zero attached hydrogens (tertiary/aromatic N) is 1. The number of aliphatic hydroxyl groups is 1. The van der Waals surface area contributed by atoms with Gasteiger partial charge in [0.15, 0.2) is 0 Å². The van der Waals surface area contributed by atoms with Crippen molar-refractivity contribution in [2.45, 2.75) is 44.1 Å². The van der Waals surface area contributed by atoms with Crippen molar-refractivity contribution in [1.29, 1.82) is 0 Å². The molecule has 0 bridgehead atoms. The SMILES string of the molecule is Cc1cc(C2(C(=O)O)CCC(O)CC2)no1. The third kappa shape index (κ3) is 1.71. The lowest BCUT2D eigenvalue weighted by molar-refractivity contribution is -0.146. The van der Waals surface area contributed by atoms with Crippen LogP contribution in [0.15, 0.2) is 10.6 Å². The summed E-state index contributed by atoms with van der Waals surface area (Å²) in [5.74, 6) is -0.269. The van der Waals surface area contributed by atoms with Crippen LogP contribution in [0.5, 0.6) is 0 Å². The first-order valence-corrected chi connectivity index (χ1v) is 5.40. The number of carbonyl (C=O) groups is 1. The minimum Gasteiger partial charge on any atom is -0.481 e. The zero-order valence-corrected chi connectivity index (χ0v) is 9.14. The molecule has 1 aliphatic carbocycles. The number of carboxylic acids is 1. The number of carboxylic acid groups (broad SMARTS) is 1. The number of aliphatic carboxylic acids is 1. The fourth-order valence-corrected chi connectivity index (χ4v) is 2.27. The van der Waals surface area contributed by atoms with E-state index in [-0.39, 0.29) is 6.10 Å². The van der Waals surface area contributed by atoms with Gasteiger partial charge in [-0.2, -0.15) is 0 Å². The molecule has 1 fully saturated rings. The van der Waals surface area contributed by atoms with Crippen LogP contribution in [-0.2, 0) is 10.2 Å². The van der Waals surface area contributed by atoms with Crippen LogP contribution < -0.4 is 0 Å². The van der Waals surface area contributed by atoms with Gasteiger partial charge in [-0.1, -0.05) is 5.16 Å². The molecular formula is C11H15NO4. The van der Waals surface area contributed by atoms with Gasteiger partial charge in [0.1, 0.15) is 16.9 Å². The summed E-state index contributed by atoms with van der Waals surface area (Å²) in [6, 6.07) is 1.67. The van der Waals surface area contributed by atoms with Gasteiger partial charge in [-0.05, 0) is 32.6 Å². The van der Waals surface area contributed by atoms with Gasteiger partial charge in [0.2, 0.25) is 0 Å². The summed E-state index contributed by atoms with van der Waals surface area (Å²) in [4.78, 5) is 11.4. The molecule has 0 amide bonds. The minimum atomic E-state index is -0.975. The van der Waals surface area contributed by atoms with Gasteiger partial charge in [-0.25, -0.2) is 0 Å². The average molecular weight is 225 g/mol. The molecule has 1 saturated carbocycles. The minimum absolute atomic E-state index is 0.388. The summed E-state index contributed by atoms with van der Waals surface area (Å²) in [7, 11) is 0. The van der Waals surface area contributed by atoms with Crippen LogP contribution in [0.4, 0.5) is 0 Å². The predicted molar refractivity (Wildman–Crippen MR) is 55.0 cm³/mol. The normalized spacial score (nSPS) is 30.2. The molecule has 0 unspecified atom stereocenters. The summed E-state index contributed by atoms with van der Waals surface area (Å²) in [6.07, 6.45) is 1.43. The fourth-order valence-electron chi connectivity index (χ4n) is 2.27. The Morgan fingerprint density at radius 2 is 2.19 bits per heavy atom. The van der Waals surface area contributed by atoms with Gasteiger partial charge in [0.05, 0.1) is 6.10 Å². The van der Waals surface area contributed by atoms with E-state index in [4.69, 9.17) is 4.52 Å². The van der Waals surface area contributed by atoms with E-state index in [0.29, 0.717) is 37.1 Å². The van der Waals surface area contributed by atoms with Crippen molar-refractivity contribution < 1.29 is 19.5 Å². The smallest absolute Gasteiger partial charge is 0.315 e. The molecule has 0 saturated heterocycles. The lowest BCUT2D eigenvalue weighted by Crippen LogP contribution is -2.41. The van der Waals surface area contributed by atoms with Crippen molar-refractivity contribution in [1.82, 2.24) is 5.16 Å².